The number of hydrogen-bond donors (Lipinski definition) is 0. The third kappa shape index (κ3) is 8.13. The van der Waals surface area contributed by atoms with Crippen molar-refractivity contribution in [3.05, 3.63) is 0 Å². The van der Waals surface area contributed by atoms with E-state index in [0.29, 0.717) is 12.8 Å². The van der Waals surface area contributed by atoms with Crippen molar-refractivity contribution in [2.45, 2.75) is 46.0 Å². The Balaban J connectivity index is 3.57. The molecule has 80 valence electrons. The topological polar surface area (TPSA) is 0 Å². The second-order valence-electron chi connectivity index (χ2n) is 4.21. The molecular weight excluding hydrogens is 177 g/mol. The highest BCUT2D eigenvalue weighted by atomic mass is 19.3. The Bertz CT molecular complexity index is 129. The first-order valence-electron chi connectivity index (χ1n) is 4.79. The smallest absolute Gasteiger partial charge is 0.245 e. The summed E-state index contributed by atoms with van der Waals surface area (Å²) in [7, 11) is 0. The molecule has 0 aromatic heterocycles. The highest BCUT2D eigenvalue weighted by Gasteiger charge is 2.22. The summed E-state index contributed by atoms with van der Waals surface area (Å²) >= 11 is 0. The molecule has 13 heavy (non-hydrogen) atoms. The Morgan fingerprint density at radius 2 is 1.69 bits per heavy atom. The zero-order chi connectivity index (χ0) is 10.5. The van der Waals surface area contributed by atoms with E-state index in [1.54, 1.807) is 6.92 Å². The fourth-order valence-corrected chi connectivity index (χ4v) is 1.37. The van der Waals surface area contributed by atoms with E-state index in [1.165, 1.54) is 0 Å². The zero-order valence-corrected chi connectivity index (χ0v) is 8.62. The number of halogens is 3. The first-order chi connectivity index (χ1) is 5.85. The van der Waals surface area contributed by atoms with Gasteiger partial charge < -0.3 is 0 Å². The van der Waals surface area contributed by atoms with Crippen LogP contribution in [0.5, 0.6) is 0 Å². The van der Waals surface area contributed by atoms with E-state index in [9.17, 15) is 13.2 Å². The molecule has 0 saturated carbocycles. The van der Waals surface area contributed by atoms with Crippen LogP contribution >= 0.6 is 0 Å². The Kier molecular flexibility index (Phi) is 5.42. The van der Waals surface area contributed by atoms with Gasteiger partial charge >= 0.3 is 0 Å². The molecule has 0 heterocycles. The summed E-state index contributed by atoms with van der Waals surface area (Å²) in [5.41, 5.74) is 0. The lowest BCUT2D eigenvalue weighted by molar-refractivity contribution is 0.00636. The van der Waals surface area contributed by atoms with E-state index in [0.717, 1.165) is 6.92 Å². The molecule has 0 rings (SSSR count). The van der Waals surface area contributed by atoms with Crippen molar-refractivity contribution in [3.63, 3.8) is 0 Å². The molecule has 0 aromatic carbocycles. The summed E-state index contributed by atoms with van der Waals surface area (Å²) in [4.78, 5) is 0. The van der Waals surface area contributed by atoms with Crippen molar-refractivity contribution in [1.29, 1.82) is 0 Å². The normalized spacial score (nSPS) is 17.1. The van der Waals surface area contributed by atoms with E-state index in [2.05, 4.69) is 0 Å². The second kappa shape index (κ2) is 5.51. The van der Waals surface area contributed by atoms with Crippen molar-refractivity contribution < 1.29 is 13.2 Å². The fourth-order valence-electron chi connectivity index (χ4n) is 1.37. The van der Waals surface area contributed by atoms with Crippen LogP contribution in [0.15, 0.2) is 0 Å². The van der Waals surface area contributed by atoms with Gasteiger partial charge in [0.2, 0.25) is 5.92 Å². The van der Waals surface area contributed by atoms with E-state index < -0.39 is 5.92 Å². The Hall–Kier alpha value is -0.210. The van der Waals surface area contributed by atoms with Crippen molar-refractivity contribution in [2.24, 2.45) is 11.8 Å². The van der Waals surface area contributed by atoms with Gasteiger partial charge in [-0.05, 0) is 31.6 Å². The van der Waals surface area contributed by atoms with Gasteiger partial charge in [-0.25, -0.2) is 8.78 Å². The Morgan fingerprint density at radius 1 is 1.15 bits per heavy atom. The molecule has 0 saturated heterocycles. The molecule has 2 atom stereocenters. The summed E-state index contributed by atoms with van der Waals surface area (Å²) in [5.74, 6) is -2.38. The Morgan fingerprint density at radius 3 is 2.08 bits per heavy atom. The molecule has 0 amide bonds. The lowest BCUT2D eigenvalue weighted by Gasteiger charge is -2.17. The summed E-state index contributed by atoms with van der Waals surface area (Å²) in [6.45, 7) is 4.28. The molecule has 0 bridgehead atoms. The maximum absolute atomic E-state index is 12.4. The lowest BCUT2D eigenvalue weighted by Crippen LogP contribution is -2.13. The van der Waals surface area contributed by atoms with Gasteiger partial charge in [-0.2, -0.15) is 0 Å². The summed E-state index contributed by atoms with van der Waals surface area (Å²) < 4.78 is 36.9. The van der Waals surface area contributed by atoms with Crippen LogP contribution in [0.4, 0.5) is 13.2 Å². The lowest BCUT2D eigenvalue weighted by atomic mass is 9.93. The van der Waals surface area contributed by atoms with Crippen LogP contribution < -0.4 is 0 Å². The number of rotatable bonds is 6. The molecular formula is C10H19F3. The average molecular weight is 196 g/mol. The third-order valence-corrected chi connectivity index (χ3v) is 2.14. The molecule has 0 aromatic rings. The summed E-state index contributed by atoms with van der Waals surface area (Å²) in [5, 5.41) is 0. The van der Waals surface area contributed by atoms with Crippen LogP contribution in [0, 0.1) is 11.8 Å². The highest BCUT2D eigenvalue weighted by Crippen LogP contribution is 2.24. The maximum atomic E-state index is 12.4. The SMILES string of the molecule is CC(CF)CC(C)CCC(C)(F)F. The van der Waals surface area contributed by atoms with Crippen LogP contribution in [0.2, 0.25) is 0 Å². The van der Waals surface area contributed by atoms with Gasteiger partial charge in [-0.3, -0.25) is 4.39 Å². The van der Waals surface area contributed by atoms with Crippen LogP contribution in [0.25, 0.3) is 0 Å². The van der Waals surface area contributed by atoms with Crippen LogP contribution in [0.3, 0.4) is 0 Å². The first kappa shape index (κ1) is 12.8. The molecule has 0 spiro atoms. The molecule has 0 radical (unpaired) electrons. The molecule has 0 aliphatic carbocycles. The summed E-state index contributed by atoms with van der Waals surface area (Å²) in [6.07, 6.45) is 1.09. The quantitative estimate of drug-likeness (QED) is 0.601. The summed E-state index contributed by atoms with van der Waals surface area (Å²) in [6, 6.07) is 0. The Labute approximate surface area is 78.5 Å². The van der Waals surface area contributed by atoms with E-state index in [-0.39, 0.29) is 24.9 Å². The van der Waals surface area contributed by atoms with Gasteiger partial charge in [-0.1, -0.05) is 13.8 Å². The average Bonchev–Trinajstić information content (AvgIpc) is 1.99. The van der Waals surface area contributed by atoms with Gasteiger partial charge in [0.1, 0.15) is 0 Å². The van der Waals surface area contributed by atoms with Gasteiger partial charge in [-0.15, -0.1) is 0 Å². The minimum absolute atomic E-state index is 0.000443. The van der Waals surface area contributed by atoms with E-state index >= 15 is 0 Å². The second-order valence-corrected chi connectivity index (χ2v) is 4.21. The fraction of sp³-hybridized carbons (Fsp3) is 1.00. The van der Waals surface area contributed by atoms with Crippen molar-refractivity contribution in [1.82, 2.24) is 0 Å². The van der Waals surface area contributed by atoms with Crippen LogP contribution in [0.1, 0.15) is 40.0 Å². The standard InChI is InChI=1S/C10H19F3/c1-8(6-9(2)7-11)4-5-10(3,12)13/h8-9H,4-7H2,1-3H3. The molecule has 0 aliphatic heterocycles. The molecule has 2 unspecified atom stereocenters. The predicted octanol–water partition coefficient (Wildman–Crippen LogP) is 4.05. The van der Waals surface area contributed by atoms with Gasteiger partial charge in [0.05, 0.1) is 6.67 Å². The van der Waals surface area contributed by atoms with Crippen molar-refractivity contribution >= 4 is 0 Å². The number of alkyl halides is 3. The largest absolute Gasteiger partial charge is 0.251 e. The zero-order valence-electron chi connectivity index (χ0n) is 8.62. The molecule has 0 fully saturated rings. The minimum Gasteiger partial charge on any atom is -0.251 e. The van der Waals surface area contributed by atoms with E-state index in [4.69, 9.17) is 0 Å². The van der Waals surface area contributed by atoms with Crippen molar-refractivity contribution in [2.75, 3.05) is 6.67 Å². The molecule has 0 aliphatic rings. The van der Waals surface area contributed by atoms with Gasteiger partial charge in [0.15, 0.2) is 0 Å². The number of hydrogen-bond acceptors (Lipinski definition) is 0. The van der Waals surface area contributed by atoms with Gasteiger partial charge in [0.25, 0.3) is 0 Å². The highest BCUT2D eigenvalue weighted by molar-refractivity contribution is 4.64. The third-order valence-electron chi connectivity index (χ3n) is 2.14. The first-order valence-corrected chi connectivity index (χ1v) is 4.79. The van der Waals surface area contributed by atoms with Gasteiger partial charge in [0, 0.05) is 6.42 Å². The minimum atomic E-state index is -2.58. The molecule has 3 heteroatoms. The van der Waals surface area contributed by atoms with Crippen LogP contribution in [-0.2, 0) is 0 Å². The molecule has 0 N–H and O–H groups in total. The van der Waals surface area contributed by atoms with Crippen molar-refractivity contribution in [3.8, 4) is 0 Å². The van der Waals surface area contributed by atoms with E-state index in [1.807, 2.05) is 6.92 Å². The van der Waals surface area contributed by atoms with Crippen LogP contribution in [-0.4, -0.2) is 12.6 Å². The maximum Gasteiger partial charge on any atom is 0.245 e. The molecule has 0 nitrogen and oxygen atoms in total. The monoisotopic (exact) mass is 196 g/mol. The predicted molar refractivity (Wildman–Crippen MR) is 48.8 cm³/mol.